The Hall–Kier alpha value is -0.160. The number of likely N-dealkylation sites (tertiary alicyclic amines) is 1. The molecule has 96 valence electrons. The fourth-order valence-electron chi connectivity index (χ4n) is 2.84. The van der Waals surface area contributed by atoms with Gasteiger partial charge in [-0.1, -0.05) is 30.3 Å². The quantitative estimate of drug-likeness (QED) is 0.895. The Morgan fingerprint density at radius 1 is 1.18 bits per heavy atom. The molecular weight excluding hydrogens is 248 g/mol. The van der Waals surface area contributed by atoms with Crippen LogP contribution < -0.4 is 5.32 Å². The molecule has 0 saturated carbocycles. The fourth-order valence-corrected chi connectivity index (χ4v) is 2.84. The van der Waals surface area contributed by atoms with Gasteiger partial charge >= 0.3 is 0 Å². The average molecular weight is 270 g/mol. The third kappa shape index (κ3) is 3.41. The van der Waals surface area contributed by atoms with Gasteiger partial charge in [0, 0.05) is 31.7 Å². The molecular formula is C13H22N2S2. The molecule has 17 heavy (non-hydrogen) atoms. The Bertz CT molecular complexity index is 331. The summed E-state index contributed by atoms with van der Waals surface area (Å²) in [6, 6.07) is 12.4. The van der Waals surface area contributed by atoms with Gasteiger partial charge in [-0.3, -0.25) is 4.90 Å². The van der Waals surface area contributed by atoms with Gasteiger partial charge in [-0.25, -0.2) is 0 Å². The van der Waals surface area contributed by atoms with E-state index in [0.717, 1.165) is 12.1 Å². The van der Waals surface area contributed by atoms with Crippen LogP contribution in [0.4, 0.5) is 0 Å². The lowest BCUT2D eigenvalue weighted by Crippen LogP contribution is -2.44. The maximum Gasteiger partial charge on any atom is 0.0236 e. The van der Waals surface area contributed by atoms with Crippen LogP contribution in [0.3, 0.4) is 0 Å². The van der Waals surface area contributed by atoms with Gasteiger partial charge in [-0.2, -0.15) is 27.0 Å². The second kappa shape index (κ2) is 6.69. The van der Waals surface area contributed by atoms with Crippen molar-refractivity contribution < 1.29 is 0 Å². The topological polar surface area (TPSA) is 15.3 Å². The fraction of sp³-hybridized carbons (Fsp3) is 0.538. The minimum absolute atomic E-state index is 0. The van der Waals surface area contributed by atoms with Crippen LogP contribution in [0.5, 0.6) is 0 Å². The van der Waals surface area contributed by atoms with Crippen LogP contribution in [0.25, 0.3) is 0 Å². The van der Waals surface area contributed by atoms with Crippen molar-refractivity contribution in [2.24, 2.45) is 0 Å². The van der Waals surface area contributed by atoms with Gasteiger partial charge < -0.3 is 5.32 Å². The molecule has 2 fully saturated rings. The Kier molecular flexibility index (Phi) is 5.86. The number of nitrogens with zero attached hydrogens (tertiary/aromatic N) is 1. The van der Waals surface area contributed by atoms with Crippen molar-refractivity contribution in [3.8, 4) is 0 Å². The molecule has 4 heteroatoms. The second-order valence-electron chi connectivity index (χ2n) is 4.73. The van der Waals surface area contributed by atoms with Gasteiger partial charge in [0.25, 0.3) is 0 Å². The lowest BCUT2D eigenvalue weighted by atomic mass is 10.1. The summed E-state index contributed by atoms with van der Waals surface area (Å²) in [5.41, 5.74) is 1.47. The van der Waals surface area contributed by atoms with Crippen LogP contribution in [-0.4, -0.2) is 36.6 Å². The molecule has 0 radical (unpaired) electrons. The molecule has 2 unspecified atom stereocenters. The average Bonchev–Trinajstić information content (AvgIpc) is 2.89. The van der Waals surface area contributed by atoms with Crippen LogP contribution in [0, 0.1) is 0 Å². The summed E-state index contributed by atoms with van der Waals surface area (Å²) in [5, 5.41) is 3.54. The van der Waals surface area contributed by atoms with Gasteiger partial charge in [-0.05, 0) is 18.4 Å². The maximum atomic E-state index is 3.54. The molecule has 0 amide bonds. The molecule has 0 aliphatic carbocycles. The number of piperazine rings is 1. The highest BCUT2D eigenvalue weighted by atomic mass is 32.1. The van der Waals surface area contributed by atoms with Gasteiger partial charge in [0.15, 0.2) is 0 Å². The van der Waals surface area contributed by atoms with E-state index < -0.39 is 0 Å². The SMILES string of the molecule is S.S.c1ccc(CCN2CC3CC2CN3)cc1. The Labute approximate surface area is 118 Å². The summed E-state index contributed by atoms with van der Waals surface area (Å²) in [4.78, 5) is 2.65. The van der Waals surface area contributed by atoms with E-state index >= 15 is 0 Å². The van der Waals surface area contributed by atoms with E-state index in [9.17, 15) is 0 Å². The number of fused-ring (bicyclic) bond motifs is 2. The Balaban J connectivity index is 0.000000722. The number of nitrogens with one attached hydrogen (secondary N) is 1. The highest BCUT2D eigenvalue weighted by Gasteiger charge is 2.36. The first-order valence-electron chi connectivity index (χ1n) is 5.93. The monoisotopic (exact) mass is 270 g/mol. The second-order valence-corrected chi connectivity index (χ2v) is 4.73. The standard InChI is InChI=1S/C13H18N2.2H2S/c1-2-4-11(5-3-1)6-7-15-10-12-8-13(15)9-14-12;;/h1-5,12-14H,6-10H2;2*1H2. The van der Waals surface area contributed by atoms with Crippen LogP contribution >= 0.6 is 27.0 Å². The van der Waals surface area contributed by atoms with E-state index in [0.29, 0.717) is 0 Å². The van der Waals surface area contributed by atoms with Crippen molar-refractivity contribution in [2.45, 2.75) is 24.9 Å². The van der Waals surface area contributed by atoms with Gasteiger partial charge in [0.2, 0.25) is 0 Å². The molecule has 2 saturated heterocycles. The summed E-state index contributed by atoms with van der Waals surface area (Å²) in [6.07, 6.45) is 2.57. The zero-order chi connectivity index (χ0) is 10.1. The Morgan fingerprint density at radius 2 is 1.94 bits per heavy atom. The molecule has 1 aromatic rings. The van der Waals surface area contributed by atoms with Crippen LogP contribution in [-0.2, 0) is 6.42 Å². The number of rotatable bonds is 3. The summed E-state index contributed by atoms with van der Waals surface area (Å²) < 4.78 is 0. The van der Waals surface area contributed by atoms with E-state index in [2.05, 4.69) is 40.5 Å². The smallest absolute Gasteiger partial charge is 0.0236 e. The first kappa shape index (κ1) is 14.9. The van der Waals surface area contributed by atoms with Crippen LogP contribution in [0.15, 0.2) is 30.3 Å². The van der Waals surface area contributed by atoms with Crippen molar-refractivity contribution in [2.75, 3.05) is 19.6 Å². The summed E-state index contributed by atoms with van der Waals surface area (Å²) in [6.45, 7) is 3.70. The molecule has 2 nitrogen and oxygen atoms in total. The van der Waals surface area contributed by atoms with Crippen molar-refractivity contribution in [1.29, 1.82) is 0 Å². The molecule has 1 aromatic carbocycles. The lowest BCUT2D eigenvalue weighted by Gasteiger charge is -2.27. The molecule has 2 atom stereocenters. The maximum absolute atomic E-state index is 3.54. The Morgan fingerprint density at radius 3 is 2.53 bits per heavy atom. The third-order valence-electron chi connectivity index (χ3n) is 3.70. The van der Waals surface area contributed by atoms with Crippen molar-refractivity contribution in [1.82, 2.24) is 10.2 Å². The third-order valence-corrected chi connectivity index (χ3v) is 3.70. The van der Waals surface area contributed by atoms with Gasteiger partial charge in [0.1, 0.15) is 0 Å². The van der Waals surface area contributed by atoms with E-state index in [4.69, 9.17) is 0 Å². The van der Waals surface area contributed by atoms with E-state index in [1.54, 1.807) is 0 Å². The number of benzene rings is 1. The summed E-state index contributed by atoms with van der Waals surface area (Å²) in [5.74, 6) is 0. The highest BCUT2D eigenvalue weighted by Crippen LogP contribution is 2.23. The van der Waals surface area contributed by atoms with E-state index in [1.807, 2.05) is 0 Å². The number of hydrogen-bond donors (Lipinski definition) is 1. The highest BCUT2D eigenvalue weighted by molar-refractivity contribution is 7.59. The number of hydrogen-bond acceptors (Lipinski definition) is 2. The van der Waals surface area contributed by atoms with Crippen LogP contribution in [0.1, 0.15) is 12.0 Å². The molecule has 3 rings (SSSR count). The predicted molar refractivity (Wildman–Crippen MR) is 82.7 cm³/mol. The largest absolute Gasteiger partial charge is 0.311 e. The molecule has 2 aliphatic heterocycles. The first-order valence-corrected chi connectivity index (χ1v) is 5.93. The first-order chi connectivity index (χ1) is 7.42. The van der Waals surface area contributed by atoms with Crippen molar-refractivity contribution in [3.05, 3.63) is 35.9 Å². The van der Waals surface area contributed by atoms with Crippen LogP contribution in [0.2, 0.25) is 0 Å². The molecule has 2 heterocycles. The molecule has 1 N–H and O–H groups in total. The molecule has 2 aliphatic rings. The molecule has 0 spiro atoms. The van der Waals surface area contributed by atoms with Crippen molar-refractivity contribution >= 4 is 27.0 Å². The van der Waals surface area contributed by atoms with Gasteiger partial charge in [-0.15, -0.1) is 0 Å². The predicted octanol–water partition coefficient (Wildman–Crippen LogP) is 1.50. The minimum atomic E-state index is 0. The summed E-state index contributed by atoms with van der Waals surface area (Å²) in [7, 11) is 0. The molecule has 0 aromatic heterocycles. The van der Waals surface area contributed by atoms with E-state index in [1.165, 1.54) is 38.0 Å². The summed E-state index contributed by atoms with van der Waals surface area (Å²) >= 11 is 0. The minimum Gasteiger partial charge on any atom is -0.311 e. The normalized spacial score (nSPS) is 26.4. The zero-order valence-corrected chi connectivity index (χ0v) is 12.0. The lowest BCUT2D eigenvalue weighted by molar-refractivity contribution is 0.229. The molecule has 2 bridgehead atoms. The van der Waals surface area contributed by atoms with Crippen molar-refractivity contribution in [3.63, 3.8) is 0 Å². The zero-order valence-electron chi connectivity index (χ0n) is 10.0. The van der Waals surface area contributed by atoms with Gasteiger partial charge in [0.05, 0.1) is 0 Å². The van der Waals surface area contributed by atoms with E-state index in [-0.39, 0.29) is 27.0 Å².